The summed E-state index contributed by atoms with van der Waals surface area (Å²) in [6.45, 7) is 0. The number of carbonyl (C=O) groups excluding carboxylic acids is 1. The average Bonchev–Trinajstić information content (AvgIpc) is 2.41. The lowest BCUT2D eigenvalue weighted by Gasteiger charge is -2.05. The number of hydrogen-bond donors (Lipinski definition) is 1. The van der Waals surface area contributed by atoms with Gasteiger partial charge in [0.1, 0.15) is 17.2 Å². The number of ether oxygens (including phenoxy) is 2. The molecular weight excluding hydrogens is 232 g/mol. The van der Waals surface area contributed by atoms with Gasteiger partial charge in [0.05, 0.1) is 12.7 Å². The molecule has 92 valence electrons. The molecule has 0 fully saturated rings. The fourth-order valence-corrected chi connectivity index (χ4v) is 1.41. The Labute approximate surface area is 104 Å². The predicted octanol–water partition coefficient (Wildman–Crippen LogP) is 2.62. The van der Waals surface area contributed by atoms with Gasteiger partial charge in [-0.05, 0) is 48.5 Å². The van der Waals surface area contributed by atoms with Crippen LogP contribution >= 0.6 is 0 Å². The second kappa shape index (κ2) is 5.23. The van der Waals surface area contributed by atoms with E-state index in [4.69, 9.17) is 14.6 Å². The number of hydrogen-bond acceptors (Lipinski definition) is 4. The van der Waals surface area contributed by atoms with E-state index in [2.05, 4.69) is 0 Å². The van der Waals surface area contributed by atoms with Crippen molar-refractivity contribution in [2.75, 3.05) is 7.11 Å². The number of esters is 1. The van der Waals surface area contributed by atoms with E-state index in [0.29, 0.717) is 17.1 Å². The molecule has 0 spiro atoms. The molecule has 2 aromatic carbocycles. The van der Waals surface area contributed by atoms with Crippen LogP contribution in [-0.2, 0) is 0 Å². The first-order valence-corrected chi connectivity index (χ1v) is 5.34. The molecule has 0 aromatic heterocycles. The van der Waals surface area contributed by atoms with Crippen molar-refractivity contribution in [3.8, 4) is 17.2 Å². The van der Waals surface area contributed by atoms with Gasteiger partial charge in [-0.3, -0.25) is 0 Å². The van der Waals surface area contributed by atoms with Gasteiger partial charge in [0.15, 0.2) is 0 Å². The van der Waals surface area contributed by atoms with Crippen molar-refractivity contribution in [1.29, 1.82) is 0 Å². The van der Waals surface area contributed by atoms with Crippen LogP contribution in [0.3, 0.4) is 0 Å². The van der Waals surface area contributed by atoms with Crippen LogP contribution in [0, 0.1) is 0 Å². The number of methoxy groups -OCH3 is 1. The Morgan fingerprint density at radius 3 is 2.06 bits per heavy atom. The highest BCUT2D eigenvalue weighted by atomic mass is 16.5. The fraction of sp³-hybridized carbons (Fsp3) is 0.0714. The number of carbonyl (C=O) groups is 1. The molecule has 2 rings (SSSR count). The molecule has 0 saturated heterocycles. The SMILES string of the molecule is COc1ccc(C(=O)Oc2ccc(O)cc2)cc1. The maximum atomic E-state index is 11.8. The third-order valence-corrected chi connectivity index (χ3v) is 2.37. The zero-order chi connectivity index (χ0) is 13.0. The van der Waals surface area contributed by atoms with Gasteiger partial charge in [0, 0.05) is 0 Å². The third kappa shape index (κ3) is 2.79. The molecular formula is C14H12O4. The van der Waals surface area contributed by atoms with Crippen LogP contribution in [0.4, 0.5) is 0 Å². The number of benzene rings is 2. The van der Waals surface area contributed by atoms with E-state index in [9.17, 15) is 4.79 Å². The van der Waals surface area contributed by atoms with Crippen LogP contribution in [-0.4, -0.2) is 18.2 Å². The fourth-order valence-electron chi connectivity index (χ4n) is 1.41. The van der Waals surface area contributed by atoms with Crippen LogP contribution in [0.1, 0.15) is 10.4 Å². The van der Waals surface area contributed by atoms with Crippen molar-refractivity contribution in [2.24, 2.45) is 0 Å². The standard InChI is InChI=1S/C14H12O4/c1-17-12-6-2-10(3-7-12)14(16)18-13-8-4-11(15)5-9-13/h2-9,15H,1H3. The molecule has 4 nitrogen and oxygen atoms in total. The van der Waals surface area contributed by atoms with Gasteiger partial charge >= 0.3 is 5.97 Å². The smallest absolute Gasteiger partial charge is 0.343 e. The molecule has 0 aliphatic carbocycles. The number of aromatic hydroxyl groups is 1. The second-order valence-corrected chi connectivity index (χ2v) is 3.61. The van der Waals surface area contributed by atoms with Crippen LogP contribution < -0.4 is 9.47 Å². The first-order valence-electron chi connectivity index (χ1n) is 5.34. The summed E-state index contributed by atoms with van der Waals surface area (Å²) in [4.78, 5) is 11.8. The Hall–Kier alpha value is -2.49. The van der Waals surface area contributed by atoms with Crippen molar-refractivity contribution in [3.63, 3.8) is 0 Å². The van der Waals surface area contributed by atoms with Crippen LogP contribution in [0.15, 0.2) is 48.5 Å². The molecule has 0 radical (unpaired) electrons. The number of rotatable bonds is 3. The molecule has 4 heteroatoms. The van der Waals surface area contributed by atoms with Gasteiger partial charge in [0.2, 0.25) is 0 Å². The Morgan fingerprint density at radius 1 is 0.944 bits per heavy atom. The molecule has 0 aliphatic rings. The minimum Gasteiger partial charge on any atom is -0.508 e. The maximum absolute atomic E-state index is 11.8. The van der Waals surface area contributed by atoms with Crippen molar-refractivity contribution in [1.82, 2.24) is 0 Å². The van der Waals surface area contributed by atoms with Crippen LogP contribution in [0.25, 0.3) is 0 Å². The molecule has 0 aliphatic heterocycles. The summed E-state index contributed by atoms with van der Waals surface area (Å²) >= 11 is 0. The van der Waals surface area contributed by atoms with E-state index >= 15 is 0 Å². The summed E-state index contributed by atoms with van der Waals surface area (Å²) in [5.74, 6) is 0.729. The van der Waals surface area contributed by atoms with E-state index < -0.39 is 5.97 Å². The predicted molar refractivity (Wildman–Crippen MR) is 66.1 cm³/mol. The first kappa shape index (κ1) is 12.0. The van der Waals surface area contributed by atoms with Crippen molar-refractivity contribution >= 4 is 5.97 Å². The summed E-state index contributed by atoms with van der Waals surface area (Å²) in [6, 6.07) is 12.6. The van der Waals surface area contributed by atoms with Gasteiger partial charge in [-0.15, -0.1) is 0 Å². The van der Waals surface area contributed by atoms with E-state index in [1.54, 1.807) is 31.4 Å². The summed E-state index contributed by atoms with van der Waals surface area (Å²) in [5, 5.41) is 9.11. The highest BCUT2D eigenvalue weighted by molar-refractivity contribution is 5.91. The Bertz CT molecular complexity index is 529. The van der Waals surface area contributed by atoms with Crippen LogP contribution in [0.2, 0.25) is 0 Å². The number of phenolic OH excluding ortho intramolecular Hbond substituents is 1. The molecule has 0 amide bonds. The third-order valence-electron chi connectivity index (χ3n) is 2.37. The lowest BCUT2D eigenvalue weighted by Crippen LogP contribution is -2.08. The first-order chi connectivity index (χ1) is 8.69. The quantitative estimate of drug-likeness (QED) is 0.666. The molecule has 0 heterocycles. The zero-order valence-corrected chi connectivity index (χ0v) is 9.79. The molecule has 0 atom stereocenters. The summed E-state index contributed by atoms with van der Waals surface area (Å²) in [5.41, 5.74) is 0.434. The van der Waals surface area contributed by atoms with Gasteiger partial charge < -0.3 is 14.6 Å². The lowest BCUT2D eigenvalue weighted by molar-refractivity contribution is 0.0734. The van der Waals surface area contributed by atoms with E-state index in [1.807, 2.05) is 0 Å². The highest BCUT2D eigenvalue weighted by Crippen LogP contribution is 2.18. The van der Waals surface area contributed by atoms with Gasteiger partial charge in [0.25, 0.3) is 0 Å². The van der Waals surface area contributed by atoms with Crippen LogP contribution in [0.5, 0.6) is 17.2 Å². The van der Waals surface area contributed by atoms with Gasteiger partial charge in [-0.1, -0.05) is 0 Å². The second-order valence-electron chi connectivity index (χ2n) is 3.61. The van der Waals surface area contributed by atoms with E-state index in [0.717, 1.165) is 0 Å². The Morgan fingerprint density at radius 2 is 1.50 bits per heavy atom. The monoisotopic (exact) mass is 244 g/mol. The summed E-state index contributed by atoms with van der Waals surface area (Å²) < 4.78 is 10.1. The zero-order valence-electron chi connectivity index (χ0n) is 9.79. The normalized spacial score (nSPS) is 9.83. The lowest BCUT2D eigenvalue weighted by atomic mass is 10.2. The number of phenols is 1. The molecule has 0 unspecified atom stereocenters. The molecule has 0 bridgehead atoms. The molecule has 18 heavy (non-hydrogen) atoms. The largest absolute Gasteiger partial charge is 0.508 e. The van der Waals surface area contributed by atoms with Crippen molar-refractivity contribution in [3.05, 3.63) is 54.1 Å². The topological polar surface area (TPSA) is 55.8 Å². The van der Waals surface area contributed by atoms with Gasteiger partial charge in [-0.25, -0.2) is 4.79 Å². The molecule has 2 aromatic rings. The average molecular weight is 244 g/mol. The van der Waals surface area contributed by atoms with Crippen molar-refractivity contribution < 1.29 is 19.4 Å². The Kier molecular flexibility index (Phi) is 3.48. The van der Waals surface area contributed by atoms with E-state index in [-0.39, 0.29) is 5.75 Å². The van der Waals surface area contributed by atoms with E-state index in [1.165, 1.54) is 24.3 Å². The summed E-state index contributed by atoms with van der Waals surface area (Å²) in [6.07, 6.45) is 0. The highest BCUT2D eigenvalue weighted by Gasteiger charge is 2.08. The Balaban J connectivity index is 2.09. The minimum atomic E-state index is -0.455. The maximum Gasteiger partial charge on any atom is 0.343 e. The minimum absolute atomic E-state index is 0.124. The molecule has 1 N–H and O–H groups in total. The molecule has 0 saturated carbocycles. The summed E-state index contributed by atoms with van der Waals surface area (Å²) in [7, 11) is 1.56. The van der Waals surface area contributed by atoms with Gasteiger partial charge in [-0.2, -0.15) is 0 Å². The van der Waals surface area contributed by atoms with Crippen molar-refractivity contribution in [2.45, 2.75) is 0 Å².